The summed E-state index contributed by atoms with van der Waals surface area (Å²) in [7, 11) is 1.52. The summed E-state index contributed by atoms with van der Waals surface area (Å²) in [5.74, 6) is -0.520. The van der Waals surface area contributed by atoms with Gasteiger partial charge in [-0.2, -0.15) is 8.78 Å². The summed E-state index contributed by atoms with van der Waals surface area (Å²) in [6, 6.07) is 11.5. The van der Waals surface area contributed by atoms with Gasteiger partial charge in [-0.3, -0.25) is 9.69 Å². The van der Waals surface area contributed by atoms with E-state index in [0.717, 1.165) is 5.56 Å². The maximum Gasteiger partial charge on any atom is 0.387 e. The maximum atomic E-state index is 13.3. The minimum Gasteiger partial charge on any atom is -0.433 e. The highest BCUT2D eigenvalue weighted by Gasteiger charge is 2.50. The average molecular weight is 406 g/mol. The lowest BCUT2D eigenvalue weighted by molar-refractivity contribution is -0.129. The van der Waals surface area contributed by atoms with Crippen molar-refractivity contribution in [3.8, 4) is 5.75 Å². The Morgan fingerprint density at radius 1 is 1.36 bits per heavy atom. The Labute approximate surface area is 166 Å². The van der Waals surface area contributed by atoms with Crippen LogP contribution in [0.5, 0.6) is 5.75 Å². The van der Waals surface area contributed by atoms with Gasteiger partial charge < -0.3 is 10.5 Å². The highest BCUT2D eigenvalue weighted by Crippen LogP contribution is 2.43. The van der Waals surface area contributed by atoms with Gasteiger partial charge in [0.05, 0.1) is 5.02 Å². The van der Waals surface area contributed by atoms with Gasteiger partial charge in [0.1, 0.15) is 5.75 Å². The Balaban J connectivity index is 2.25. The molecule has 0 aliphatic carbocycles. The second-order valence-electron chi connectivity index (χ2n) is 6.22. The van der Waals surface area contributed by atoms with Gasteiger partial charge in [-0.25, -0.2) is 4.99 Å². The molecule has 1 unspecified atom stereocenters. The minimum absolute atomic E-state index is 0.0439. The molecule has 1 amide bonds. The van der Waals surface area contributed by atoms with Crippen molar-refractivity contribution in [2.24, 2.45) is 10.7 Å². The Morgan fingerprint density at radius 3 is 2.64 bits per heavy atom. The summed E-state index contributed by atoms with van der Waals surface area (Å²) < 4.78 is 29.5. The first-order chi connectivity index (χ1) is 13.3. The largest absolute Gasteiger partial charge is 0.433 e. The van der Waals surface area contributed by atoms with E-state index in [9.17, 15) is 13.6 Å². The number of amides is 1. The Morgan fingerprint density at radius 2 is 2.07 bits per heavy atom. The smallest absolute Gasteiger partial charge is 0.387 e. The third-order valence-corrected chi connectivity index (χ3v) is 4.87. The molecule has 1 aliphatic rings. The summed E-state index contributed by atoms with van der Waals surface area (Å²) in [6.07, 6.45) is 2.22. The van der Waals surface area contributed by atoms with E-state index in [4.69, 9.17) is 17.3 Å². The monoisotopic (exact) mass is 405 g/mol. The number of allylic oxidation sites excluding steroid dienone is 1. The van der Waals surface area contributed by atoms with Crippen molar-refractivity contribution in [1.29, 1.82) is 0 Å². The molecule has 3 rings (SSSR count). The number of benzene rings is 2. The van der Waals surface area contributed by atoms with Crippen LogP contribution in [-0.2, 0) is 16.8 Å². The summed E-state index contributed by atoms with van der Waals surface area (Å²) >= 11 is 6.14. The molecule has 2 aromatic rings. The van der Waals surface area contributed by atoms with Crippen molar-refractivity contribution in [2.75, 3.05) is 7.05 Å². The number of likely N-dealkylation sites (N-methyl/N-ethyl adjacent to an activating group) is 1. The number of halogens is 3. The van der Waals surface area contributed by atoms with Crippen molar-refractivity contribution >= 4 is 23.5 Å². The van der Waals surface area contributed by atoms with E-state index >= 15 is 0 Å². The van der Waals surface area contributed by atoms with E-state index in [0.29, 0.717) is 17.5 Å². The molecule has 0 spiro atoms. The first-order valence-corrected chi connectivity index (χ1v) is 8.76. The number of nitrogens with zero attached hydrogens (tertiary/aromatic N) is 2. The SMILES string of the molecule is C=CCc1ccccc1C1(c2ccc(OC(F)F)c(Cl)c2)N=C(N)N(C)C1=O. The van der Waals surface area contributed by atoms with E-state index < -0.39 is 12.2 Å². The summed E-state index contributed by atoms with van der Waals surface area (Å²) in [5, 5.41) is -0.0606. The number of aliphatic imine (C=N–C) groups is 1. The zero-order valence-electron chi connectivity index (χ0n) is 15.0. The normalized spacial score (nSPS) is 19.1. The molecule has 28 heavy (non-hydrogen) atoms. The predicted octanol–water partition coefficient (Wildman–Crippen LogP) is 3.70. The fraction of sp³-hybridized carbons (Fsp3) is 0.200. The average Bonchev–Trinajstić information content (AvgIpc) is 2.89. The molecule has 2 aromatic carbocycles. The Kier molecular flexibility index (Phi) is 5.38. The molecule has 8 heteroatoms. The van der Waals surface area contributed by atoms with Gasteiger partial charge in [0.15, 0.2) is 11.5 Å². The van der Waals surface area contributed by atoms with Crippen LogP contribution >= 0.6 is 11.6 Å². The molecule has 1 heterocycles. The van der Waals surface area contributed by atoms with Gasteiger partial charge in [0.2, 0.25) is 0 Å². The molecule has 5 nitrogen and oxygen atoms in total. The van der Waals surface area contributed by atoms with Gasteiger partial charge in [-0.15, -0.1) is 6.58 Å². The molecule has 0 fully saturated rings. The molecule has 1 atom stereocenters. The van der Waals surface area contributed by atoms with E-state index in [1.54, 1.807) is 18.2 Å². The standard InChI is InChI=1S/C20H18ClF2N3O2/c1-3-6-12-7-4-5-8-14(12)20(17(27)26(2)19(24)25-20)13-9-10-16(15(21)11-13)28-18(22)23/h3-5,7-11,18H,1,6H2,2H3,(H2,24,25). The number of ether oxygens (including phenoxy) is 1. The van der Waals surface area contributed by atoms with Crippen LogP contribution in [-0.4, -0.2) is 30.4 Å². The van der Waals surface area contributed by atoms with E-state index in [-0.39, 0.29) is 22.6 Å². The van der Waals surface area contributed by atoms with Crippen LogP contribution in [0, 0.1) is 0 Å². The highest BCUT2D eigenvalue weighted by molar-refractivity contribution is 6.32. The van der Waals surface area contributed by atoms with Gasteiger partial charge in [0.25, 0.3) is 5.91 Å². The van der Waals surface area contributed by atoms with Crippen molar-refractivity contribution < 1.29 is 18.3 Å². The molecule has 0 radical (unpaired) electrons. The molecular weight excluding hydrogens is 388 g/mol. The molecule has 0 saturated heterocycles. The number of nitrogens with two attached hydrogens (primary N) is 1. The number of alkyl halides is 2. The topological polar surface area (TPSA) is 67.9 Å². The van der Waals surface area contributed by atoms with Gasteiger partial charge in [-0.1, -0.05) is 48.0 Å². The van der Waals surface area contributed by atoms with Crippen LogP contribution in [0.4, 0.5) is 8.78 Å². The van der Waals surface area contributed by atoms with E-state index in [2.05, 4.69) is 16.3 Å². The number of rotatable bonds is 6. The molecule has 146 valence electrons. The quantitative estimate of drug-likeness (QED) is 0.745. The molecule has 0 saturated carbocycles. The number of carbonyl (C=O) groups excluding carboxylic acids is 1. The molecule has 0 aromatic heterocycles. The second kappa shape index (κ2) is 7.59. The van der Waals surface area contributed by atoms with Crippen molar-refractivity contribution in [3.63, 3.8) is 0 Å². The number of hydrogen-bond acceptors (Lipinski definition) is 4. The highest BCUT2D eigenvalue weighted by atomic mass is 35.5. The van der Waals surface area contributed by atoms with Crippen molar-refractivity contribution in [2.45, 2.75) is 18.6 Å². The molecule has 2 N–H and O–H groups in total. The van der Waals surface area contributed by atoms with Gasteiger partial charge in [0, 0.05) is 7.05 Å². The van der Waals surface area contributed by atoms with Crippen LogP contribution in [0.1, 0.15) is 16.7 Å². The van der Waals surface area contributed by atoms with Crippen LogP contribution < -0.4 is 10.5 Å². The minimum atomic E-state index is -3.02. The van der Waals surface area contributed by atoms with Crippen LogP contribution in [0.2, 0.25) is 5.02 Å². The zero-order chi connectivity index (χ0) is 20.5. The van der Waals surface area contributed by atoms with E-state index in [1.165, 1.54) is 30.1 Å². The number of hydrogen-bond donors (Lipinski definition) is 1. The van der Waals surface area contributed by atoms with E-state index in [1.807, 2.05) is 12.1 Å². The van der Waals surface area contributed by atoms with Crippen molar-refractivity contribution in [1.82, 2.24) is 4.90 Å². The van der Waals surface area contributed by atoms with Gasteiger partial charge >= 0.3 is 6.61 Å². The van der Waals surface area contributed by atoms with Crippen LogP contribution in [0.3, 0.4) is 0 Å². The fourth-order valence-corrected chi connectivity index (χ4v) is 3.51. The lowest BCUT2D eigenvalue weighted by atomic mass is 9.79. The van der Waals surface area contributed by atoms with Crippen LogP contribution in [0.15, 0.2) is 60.1 Å². The molecule has 0 bridgehead atoms. The Hall–Kier alpha value is -2.93. The Bertz CT molecular complexity index is 964. The maximum absolute atomic E-state index is 13.3. The third-order valence-electron chi connectivity index (χ3n) is 4.58. The molecule has 1 aliphatic heterocycles. The van der Waals surface area contributed by atoms with Crippen molar-refractivity contribution in [3.05, 3.63) is 76.8 Å². The summed E-state index contributed by atoms with van der Waals surface area (Å²) in [4.78, 5) is 19.0. The fourth-order valence-electron chi connectivity index (χ4n) is 3.28. The summed E-state index contributed by atoms with van der Waals surface area (Å²) in [5.41, 5.74) is 6.32. The lowest BCUT2D eigenvalue weighted by Crippen LogP contribution is -2.41. The lowest BCUT2D eigenvalue weighted by Gasteiger charge is -2.28. The zero-order valence-corrected chi connectivity index (χ0v) is 15.8. The second-order valence-corrected chi connectivity index (χ2v) is 6.63. The first-order valence-electron chi connectivity index (χ1n) is 8.39. The summed E-state index contributed by atoms with van der Waals surface area (Å²) in [6.45, 7) is 0.742. The van der Waals surface area contributed by atoms with Gasteiger partial charge in [-0.05, 0) is 35.2 Å². The number of carbonyl (C=O) groups is 1. The van der Waals surface area contributed by atoms with Crippen LogP contribution in [0.25, 0.3) is 0 Å². The third kappa shape index (κ3) is 3.22. The predicted molar refractivity (Wildman–Crippen MR) is 104 cm³/mol. The molecular formula is C20H18ClF2N3O2. The number of guanidine groups is 1. The first kappa shape index (κ1) is 19.8.